The molecule has 112 valence electrons. The number of nitrogens with one attached hydrogen (secondary N) is 1. The van der Waals surface area contributed by atoms with Crippen molar-refractivity contribution in [1.29, 1.82) is 0 Å². The van der Waals surface area contributed by atoms with Crippen molar-refractivity contribution in [2.24, 2.45) is 7.05 Å². The van der Waals surface area contributed by atoms with Gasteiger partial charge in [0.15, 0.2) is 0 Å². The minimum absolute atomic E-state index is 0.737. The first-order valence-corrected chi connectivity index (χ1v) is 8.65. The van der Waals surface area contributed by atoms with E-state index in [9.17, 15) is 0 Å². The monoisotopic (exact) mass is 302 g/mol. The van der Waals surface area contributed by atoms with E-state index in [4.69, 9.17) is 0 Å². The van der Waals surface area contributed by atoms with E-state index in [-0.39, 0.29) is 0 Å². The van der Waals surface area contributed by atoms with E-state index >= 15 is 0 Å². The molecule has 1 unspecified atom stereocenters. The average Bonchev–Trinajstić information content (AvgIpc) is 2.92. The summed E-state index contributed by atoms with van der Waals surface area (Å²) in [7, 11) is 1.97. The van der Waals surface area contributed by atoms with Crippen molar-refractivity contribution in [3.63, 3.8) is 0 Å². The number of hydrogen-bond acceptors (Lipinski definition) is 4. The third-order valence-corrected chi connectivity index (χ3v) is 5.63. The molecule has 0 radical (unpaired) electrons. The summed E-state index contributed by atoms with van der Waals surface area (Å²) >= 11 is 1.92. The summed E-state index contributed by atoms with van der Waals surface area (Å²) < 4.78 is 1.87. The van der Waals surface area contributed by atoms with Crippen LogP contribution in [0.5, 0.6) is 0 Å². The van der Waals surface area contributed by atoms with Crippen molar-refractivity contribution in [2.75, 3.05) is 13.1 Å². The molecule has 1 aliphatic heterocycles. The normalized spacial score (nSPS) is 22.3. The minimum Gasteiger partial charge on any atom is -0.315 e. The predicted octanol–water partition coefficient (Wildman–Crippen LogP) is 2.47. The highest BCUT2D eigenvalue weighted by Crippen LogP contribution is 2.34. The molecular formula is C16H22N4S. The lowest BCUT2D eigenvalue weighted by molar-refractivity contribution is 0.190. The maximum Gasteiger partial charge on any atom is 0.0576 e. The van der Waals surface area contributed by atoms with E-state index < -0.39 is 0 Å². The Morgan fingerprint density at radius 1 is 1.33 bits per heavy atom. The first-order valence-electron chi connectivity index (χ1n) is 7.84. The third-order valence-electron chi connectivity index (χ3n) is 4.51. The van der Waals surface area contributed by atoms with Gasteiger partial charge < -0.3 is 5.32 Å². The second kappa shape index (κ2) is 5.55. The minimum atomic E-state index is 0.737. The molecule has 1 saturated carbocycles. The molecular weight excluding hydrogens is 280 g/mol. The van der Waals surface area contributed by atoms with Crippen LogP contribution < -0.4 is 5.32 Å². The lowest BCUT2D eigenvalue weighted by Gasteiger charge is -2.27. The van der Waals surface area contributed by atoms with Gasteiger partial charge in [-0.1, -0.05) is 0 Å². The quantitative estimate of drug-likeness (QED) is 0.921. The Bertz CT molecular complexity index is 607. The lowest BCUT2D eigenvalue weighted by Crippen LogP contribution is -2.37. The molecule has 3 heterocycles. The maximum absolute atomic E-state index is 4.27. The molecule has 0 aromatic carbocycles. The second-order valence-electron chi connectivity index (χ2n) is 6.22. The van der Waals surface area contributed by atoms with Crippen molar-refractivity contribution in [2.45, 2.75) is 37.9 Å². The molecule has 0 amide bonds. The molecule has 0 bridgehead atoms. The van der Waals surface area contributed by atoms with E-state index in [2.05, 4.69) is 33.6 Å². The largest absolute Gasteiger partial charge is 0.315 e. The maximum atomic E-state index is 4.27. The smallest absolute Gasteiger partial charge is 0.0576 e. The Balaban J connectivity index is 1.49. The Kier molecular flexibility index (Phi) is 3.57. The Hall–Kier alpha value is -1.17. The Labute approximate surface area is 129 Å². The van der Waals surface area contributed by atoms with Gasteiger partial charge in [0.2, 0.25) is 0 Å². The van der Waals surface area contributed by atoms with Crippen molar-refractivity contribution >= 4 is 11.3 Å². The van der Waals surface area contributed by atoms with Crippen LogP contribution in [0.25, 0.3) is 10.4 Å². The molecule has 4 nitrogen and oxygen atoms in total. The Morgan fingerprint density at radius 3 is 2.90 bits per heavy atom. The molecule has 2 aliphatic rings. The molecule has 2 aromatic rings. The zero-order chi connectivity index (χ0) is 14.2. The van der Waals surface area contributed by atoms with E-state index in [0.29, 0.717) is 0 Å². The molecule has 2 aromatic heterocycles. The highest BCUT2D eigenvalue weighted by Gasteiger charge is 2.35. The van der Waals surface area contributed by atoms with Crippen LogP contribution >= 0.6 is 11.3 Å². The fourth-order valence-electron chi connectivity index (χ4n) is 3.23. The Morgan fingerprint density at radius 2 is 2.24 bits per heavy atom. The van der Waals surface area contributed by atoms with Crippen LogP contribution in [0.15, 0.2) is 24.5 Å². The molecule has 0 spiro atoms. The van der Waals surface area contributed by atoms with Crippen LogP contribution in [0, 0.1) is 0 Å². The molecule has 21 heavy (non-hydrogen) atoms. The average molecular weight is 302 g/mol. The van der Waals surface area contributed by atoms with E-state index in [1.54, 1.807) is 0 Å². The van der Waals surface area contributed by atoms with Gasteiger partial charge in [0.05, 0.1) is 6.20 Å². The summed E-state index contributed by atoms with van der Waals surface area (Å²) in [6.45, 7) is 3.46. The van der Waals surface area contributed by atoms with Crippen molar-refractivity contribution in [3.05, 3.63) is 29.4 Å². The van der Waals surface area contributed by atoms with E-state index in [0.717, 1.165) is 25.2 Å². The van der Waals surface area contributed by atoms with Crippen LogP contribution in [0.2, 0.25) is 0 Å². The van der Waals surface area contributed by atoms with Gasteiger partial charge in [-0.3, -0.25) is 9.58 Å². The van der Waals surface area contributed by atoms with Crippen LogP contribution in [0.4, 0.5) is 0 Å². The third kappa shape index (κ3) is 2.91. The van der Waals surface area contributed by atoms with E-state index in [1.807, 2.05) is 29.3 Å². The molecule has 5 heteroatoms. The van der Waals surface area contributed by atoms with Gasteiger partial charge in [-0.15, -0.1) is 11.3 Å². The summed E-state index contributed by atoms with van der Waals surface area (Å²) in [6.07, 6.45) is 8.12. The number of aromatic nitrogens is 2. The lowest BCUT2D eigenvalue weighted by atomic mass is 10.2. The summed E-state index contributed by atoms with van der Waals surface area (Å²) in [6, 6.07) is 6.11. The van der Waals surface area contributed by atoms with Crippen LogP contribution in [0.3, 0.4) is 0 Å². The van der Waals surface area contributed by atoms with Crippen molar-refractivity contribution in [3.8, 4) is 10.4 Å². The number of hydrogen-bond donors (Lipinski definition) is 1. The number of nitrogens with zero attached hydrogens (tertiary/aromatic N) is 3. The topological polar surface area (TPSA) is 33.1 Å². The van der Waals surface area contributed by atoms with Gasteiger partial charge in [-0.05, 0) is 37.9 Å². The predicted molar refractivity (Wildman–Crippen MR) is 86.4 cm³/mol. The molecule has 1 atom stereocenters. The SMILES string of the molecule is Cn1cc(-c2ccc(CN(C3CC3)C3CCNC3)s2)cn1. The van der Waals surface area contributed by atoms with Gasteiger partial charge in [0.25, 0.3) is 0 Å². The van der Waals surface area contributed by atoms with Crippen molar-refractivity contribution < 1.29 is 0 Å². The van der Waals surface area contributed by atoms with Gasteiger partial charge in [-0.25, -0.2) is 0 Å². The fourth-order valence-corrected chi connectivity index (χ4v) is 4.22. The first kappa shape index (κ1) is 13.5. The van der Waals surface area contributed by atoms with Gasteiger partial charge >= 0.3 is 0 Å². The highest BCUT2D eigenvalue weighted by atomic mass is 32.1. The van der Waals surface area contributed by atoms with Crippen LogP contribution in [-0.2, 0) is 13.6 Å². The molecule has 1 N–H and O–H groups in total. The molecule has 2 fully saturated rings. The van der Waals surface area contributed by atoms with Crippen molar-refractivity contribution in [1.82, 2.24) is 20.0 Å². The zero-order valence-corrected chi connectivity index (χ0v) is 13.3. The van der Waals surface area contributed by atoms with Gasteiger partial charge in [-0.2, -0.15) is 5.10 Å². The summed E-state index contributed by atoms with van der Waals surface area (Å²) in [5.41, 5.74) is 1.23. The second-order valence-corrected chi connectivity index (χ2v) is 7.39. The fraction of sp³-hybridized carbons (Fsp3) is 0.562. The van der Waals surface area contributed by atoms with Gasteiger partial charge in [0.1, 0.15) is 0 Å². The highest BCUT2D eigenvalue weighted by molar-refractivity contribution is 7.15. The van der Waals surface area contributed by atoms with Crippen LogP contribution in [-0.4, -0.2) is 39.9 Å². The number of aryl methyl sites for hydroxylation is 1. The molecule has 1 saturated heterocycles. The standard InChI is InChI=1S/C16H22N4S/c1-19-10-12(8-18-19)16-5-4-15(21-16)11-20(13-2-3-13)14-6-7-17-9-14/h4-5,8,10,13-14,17H,2-3,6-7,9,11H2,1H3. The summed E-state index contributed by atoms with van der Waals surface area (Å²) in [4.78, 5) is 5.55. The summed E-state index contributed by atoms with van der Waals surface area (Å²) in [5, 5.41) is 7.77. The number of rotatable bonds is 5. The first-order chi connectivity index (χ1) is 10.3. The van der Waals surface area contributed by atoms with Crippen LogP contribution in [0.1, 0.15) is 24.1 Å². The molecule has 1 aliphatic carbocycles. The number of thiophene rings is 1. The van der Waals surface area contributed by atoms with Gasteiger partial charge in [0, 0.05) is 53.7 Å². The summed E-state index contributed by atoms with van der Waals surface area (Å²) in [5.74, 6) is 0. The molecule has 4 rings (SSSR count). The zero-order valence-electron chi connectivity index (χ0n) is 12.5. The van der Waals surface area contributed by atoms with E-state index in [1.165, 1.54) is 41.1 Å².